The zero-order valence-electron chi connectivity index (χ0n) is 17.7. The fourth-order valence-electron chi connectivity index (χ4n) is 4.90. The monoisotopic (exact) mass is 416 g/mol. The van der Waals surface area contributed by atoms with Gasteiger partial charge in [0.05, 0.1) is 5.75 Å². The summed E-state index contributed by atoms with van der Waals surface area (Å²) < 4.78 is 27.9. The van der Waals surface area contributed by atoms with Gasteiger partial charge < -0.3 is 16.4 Å². The number of hydrogen-bond donors (Lipinski definition) is 4. The second-order valence-electron chi connectivity index (χ2n) is 9.02. The topological polar surface area (TPSA) is 113 Å². The van der Waals surface area contributed by atoms with Gasteiger partial charge in [0.2, 0.25) is 10.0 Å². The number of nitrogens with two attached hydrogens (primary N) is 1. The first-order chi connectivity index (χ1) is 13.3. The van der Waals surface area contributed by atoms with E-state index in [2.05, 4.69) is 29.2 Å². The van der Waals surface area contributed by atoms with Gasteiger partial charge in [-0.2, -0.15) is 0 Å². The van der Waals surface area contributed by atoms with Gasteiger partial charge in [0, 0.05) is 18.4 Å². The molecule has 2 aliphatic rings. The third-order valence-corrected chi connectivity index (χ3v) is 8.46. The molecule has 0 spiro atoms. The van der Waals surface area contributed by atoms with Crippen LogP contribution in [0.3, 0.4) is 0 Å². The Kier molecular flexibility index (Phi) is 8.88. The summed E-state index contributed by atoms with van der Waals surface area (Å²) in [5, 5.41) is 6.71. The molecule has 0 saturated heterocycles. The van der Waals surface area contributed by atoms with Gasteiger partial charge in [-0.25, -0.2) is 13.1 Å². The van der Waals surface area contributed by atoms with E-state index in [1.54, 1.807) is 0 Å². The zero-order valence-corrected chi connectivity index (χ0v) is 18.5. The predicted octanol–water partition coefficient (Wildman–Crippen LogP) is 1.000. The van der Waals surface area contributed by atoms with Crippen LogP contribution in [0, 0.1) is 16.7 Å². The minimum absolute atomic E-state index is 0.0487. The van der Waals surface area contributed by atoms with Crippen molar-refractivity contribution in [2.75, 3.05) is 45.0 Å². The molecular weight excluding hydrogens is 376 g/mol. The molecule has 2 rings (SSSR count). The quantitative estimate of drug-likeness (QED) is 0.296. The van der Waals surface area contributed by atoms with E-state index in [0.717, 1.165) is 64.8 Å². The average Bonchev–Trinajstić information content (AvgIpc) is 2.96. The number of ketones is 1. The van der Waals surface area contributed by atoms with Crippen LogP contribution in [0.15, 0.2) is 0 Å². The molecule has 0 aromatic carbocycles. The minimum atomic E-state index is -3.44. The van der Waals surface area contributed by atoms with E-state index in [4.69, 9.17) is 5.73 Å². The van der Waals surface area contributed by atoms with Crippen molar-refractivity contribution < 1.29 is 13.2 Å². The highest BCUT2D eigenvalue weighted by molar-refractivity contribution is 7.89. The molecule has 2 unspecified atom stereocenters. The maximum atomic E-state index is 12.6. The highest BCUT2D eigenvalue weighted by Gasteiger charge is 2.65. The lowest BCUT2D eigenvalue weighted by molar-refractivity contribution is -0.128. The lowest BCUT2D eigenvalue weighted by atomic mass is 9.70. The highest BCUT2D eigenvalue weighted by Crippen LogP contribution is 2.64. The van der Waals surface area contributed by atoms with Crippen LogP contribution >= 0.6 is 0 Å². The van der Waals surface area contributed by atoms with Crippen molar-refractivity contribution >= 4 is 15.8 Å². The van der Waals surface area contributed by atoms with Crippen molar-refractivity contribution in [3.8, 4) is 0 Å². The fourth-order valence-corrected chi connectivity index (χ4v) is 6.79. The molecule has 0 amide bonds. The Morgan fingerprint density at radius 2 is 1.61 bits per heavy atom. The molecule has 7 nitrogen and oxygen atoms in total. The van der Waals surface area contributed by atoms with Crippen LogP contribution < -0.4 is 21.1 Å². The molecule has 164 valence electrons. The van der Waals surface area contributed by atoms with Crippen molar-refractivity contribution in [3.05, 3.63) is 0 Å². The van der Waals surface area contributed by atoms with E-state index in [0.29, 0.717) is 25.3 Å². The predicted molar refractivity (Wildman–Crippen MR) is 114 cm³/mol. The van der Waals surface area contributed by atoms with Crippen molar-refractivity contribution in [2.45, 2.75) is 58.8 Å². The van der Waals surface area contributed by atoms with Gasteiger partial charge in [0.15, 0.2) is 0 Å². The maximum absolute atomic E-state index is 12.6. The molecule has 0 aromatic rings. The molecule has 2 saturated carbocycles. The van der Waals surface area contributed by atoms with Crippen LogP contribution in [-0.4, -0.2) is 59.2 Å². The largest absolute Gasteiger partial charge is 0.330 e. The number of unbranched alkanes of at least 4 members (excludes halogenated alkanes) is 1. The van der Waals surface area contributed by atoms with Crippen molar-refractivity contribution in [1.82, 2.24) is 15.4 Å². The number of hydrogen-bond acceptors (Lipinski definition) is 6. The number of sulfonamides is 1. The first-order valence-corrected chi connectivity index (χ1v) is 12.5. The second kappa shape index (κ2) is 10.5. The molecular formula is C20H40N4O3S. The van der Waals surface area contributed by atoms with Crippen molar-refractivity contribution in [3.63, 3.8) is 0 Å². The van der Waals surface area contributed by atoms with E-state index in [1.807, 2.05) is 0 Å². The molecule has 0 heterocycles. The lowest BCUT2D eigenvalue weighted by Gasteiger charge is -2.36. The molecule has 8 heteroatoms. The van der Waals surface area contributed by atoms with Gasteiger partial charge in [-0.15, -0.1) is 0 Å². The van der Waals surface area contributed by atoms with Crippen LogP contribution in [0.5, 0.6) is 0 Å². The molecule has 0 radical (unpaired) electrons. The third kappa shape index (κ3) is 5.75. The average molecular weight is 417 g/mol. The number of rotatable bonds is 15. The van der Waals surface area contributed by atoms with Crippen LogP contribution in [0.4, 0.5) is 0 Å². The smallest absolute Gasteiger partial charge is 0.212 e. The van der Waals surface area contributed by atoms with Gasteiger partial charge in [0.1, 0.15) is 5.78 Å². The van der Waals surface area contributed by atoms with E-state index in [-0.39, 0.29) is 17.0 Å². The van der Waals surface area contributed by atoms with Crippen LogP contribution in [0.25, 0.3) is 0 Å². The summed E-state index contributed by atoms with van der Waals surface area (Å²) in [6.45, 7) is 9.02. The molecule has 2 bridgehead atoms. The summed E-state index contributed by atoms with van der Waals surface area (Å²) >= 11 is 0. The second-order valence-corrected chi connectivity index (χ2v) is 10.8. The van der Waals surface area contributed by atoms with Crippen LogP contribution in [0.1, 0.15) is 58.8 Å². The van der Waals surface area contributed by atoms with Gasteiger partial charge in [-0.1, -0.05) is 13.8 Å². The molecule has 5 N–H and O–H groups in total. The Hall–Kier alpha value is -0.540. The van der Waals surface area contributed by atoms with Gasteiger partial charge >= 0.3 is 0 Å². The first kappa shape index (κ1) is 23.7. The van der Waals surface area contributed by atoms with Crippen molar-refractivity contribution in [2.24, 2.45) is 22.5 Å². The van der Waals surface area contributed by atoms with E-state index >= 15 is 0 Å². The van der Waals surface area contributed by atoms with E-state index < -0.39 is 15.4 Å². The van der Waals surface area contributed by atoms with Crippen LogP contribution in [0.2, 0.25) is 0 Å². The summed E-state index contributed by atoms with van der Waals surface area (Å²) in [6, 6.07) is 0. The minimum Gasteiger partial charge on any atom is -0.330 e. The number of nitrogens with one attached hydrogen (secondary N) is 3. The normalized spacial score (nSPS) is 26.2. The SMILES string of the molecule is CC1(C)C2CCC1(CS(=O)(=O)NCCCNCCCCNCCCN)C(=O)C2. The Balaban J connectivity index is 1.57. The molecule has 0 aromatic heterocycles. The van der Waals surface area contributed by atoms with E-state index in [1.165, 1.54) is 0 Å². The Labute approximate surface area is 171 Å². The van der Waals surface area contributed by atoms with Gasteiger partial charge in [-0.05, 0) is 82.6 Å². The summed E-state index contributed by atoms with van der Waals surface area (Å²) in [5.41, 5.74) is 4.55. The number of carbonyl (C=O) groups excluding carboxylic acids is 1. The highest BCUT2D eigenvalue weighted by atomic mass is 32.2. The molecule has 2 atom stereocenters. The number of carbonyl (C=O) groups is 1. The van der Waals surface area contributed by atoms with E-state index in [9.17, 15) is 13.2 Å². The lowest BCUT2D eigenvalue weighted by Crippen LogP contribution is -2.45. The zero-order chi connectivity index (χ0) is 20.7. The van der Waals surface area contributed by atoms with Crippen LogP contribution in [-0.2, 0) is 14.8 Å². The molecule has 2 aliphatic carbocycles. The molecule has 28 heavy (non-hydrogen) atoms. The van der Waals surface area contributed by atoms with Gasteiger partial charge in [-0.3, -0.25) is 4.79 Å². The Morgan fingerprint density at radius 3 is 2.14 bits per heavy atom. The fraction of sp³-hybridized carbons (Fsp3) is 0.950. The van der Waals surface area contributed by atoms with Crippen molar-refractivity contribution in [1.29, 1.82) is 0 Å². The van der Waals surface area contributed by atoms with Gasteiger partial charge in [0.25, 0.3) is 0 Å². The standard InChI is InChI=1S/C20H40N4O3S/c1-19(2)17-7-8-20(19,18(25)15-17)16-28(26,27)24-14-6-13-23-11-4-3-10-22-12-5-9-21/h17,22-24H,3-16,21H2,1-2H3. The molecule has 2 fully saturated rings. The molecule has 0 aliphatic heterocycles. The Morgan fingerprint density at radius 1 is 1.00 bits per heavy atom. The summed E-state index contributed by atoms with van der Waals surface area (Å²) in [5.74, 6) is 0.445. The first-order valence-electron chi connectivity index (χ1n) is 10.9. The maximum Gasteiger partial charge on any atom is 0.212 e. The summed E-state index contributed by atoms with van der Waals surface area (Å²) in [4.78, 5) is 12.5. The summed E-state index contributed by atoms with van der Waals surface area (Å²) in [7, 11) is -3.44. The summed E-state index contributed by atoms with van der Waals surface area (Å²) in [6.07, 6.45) is 6.23. The Bertz CT molecular complexity index is 609. The third-order valence-electron chi connectivity index (χ3n) is 6.94. The number of Topliss-reactive ketones (excluding diaryl/α,β-unsaturated/α-hetero) is 1. The number of fused-ring (bicyclic) bond motifs is 2.